The summed E-state index contributed by atoms with van der Waals surface area (Å²) in [6.45, 7) is 8.92. The summed E-state index contributed by atoms with van der Waals surface area (Å²) in [6.07, 6.45) is 4.55. The first-order chi connectivity index (χ1) is 20.4. The van der Waals surface area contributed by atoms with Crippen LogP contribution >= 0.6 is 0 Å². The Balaban J connectivity index is 1.09. The van der Waals surface area contributed by atoms with Crippen LogP contribution in [0.15, 0.2) is 72.8 Å². The Bertz CT molecular complexity index is 1390. The van der Waals surface area contributed by atoms with E-state index in [0.29, 0.717) is 22.9 Å². The summed E-state index contributed by atoms with van der Waals surface area (Å²) in [5.74, 6) is 0.0902. The molecular formula is C34H39FN4O3. The zero-order valence-corrected chi connectivity index (χ0v) is 24.4. The number of likely N-dealkylation sites (N-methyl/N-ethyl adjacent to an activating group) is 1. The number of nitrogens with one attached hydrogen (secondary N) is 1. The van der Waals surface area contributed by atoms with E-state index in [9.17, 15) is 14.0 Å². The number of carbonyl (C=O) groups is 2. The predicted molar refractivity (Wildman–Crippen MR) is 166 cm³/mol. The number of anilines is 2. The second kappa shape index (κ2) is 13.7. The van der Waals surface area contributed by atoms with Crippen molar-refractivity contribution in [2.45, 2.75) is 25.7 Å². The largest absolute Gasteiger partial charge is 0.497 e. The van der Waals surface area contributed by atoms with Crippen LogP contribution in [0.3, 0.4) is 0 Å². The van der Waals surface area contributed by atoms with E-state index in [-0.39, 0.29) is 11.8 Å². The average Bonchev–Trinajstić information content (AvgIpc) is 3.04. The molecule has 2 fully saturated rings. The first-order valence-corrected chi connectivity index (χ1v) is 14.7. The highest BCUT2D eigenvalue weighted by molar-refractivity contribution is 6.02. The molecule has 1 N–H and O–H groups in total. The molecule has 5 rings (SSSR count). The van der Waals surface area contributed by atoms with Gasteiger partial charge in [-0.1, -0.05) is 19.1 Å². The van der Waals surface area contributed by atoms with E-state index in [2.05, 4.69) is 34.2 Å². The van der Waals surface area contributed by atoms with Gasteiger partial charge in [0.2, 0.25) is 5.91 Å². The summed E-state index contributed by atoms with van der Waals surface area (Å²) in [7, 11) is 1.48. The number of amides is 2. The van der Waals surface area contributed by atoms with Gasteiger partial charge in [-0.25, -0.2) is 4.39 Å². The Morgan fingerprint density at radius 1 is 0.929 bits per heavy atom. The van der Waals surface area contributed by atoms with Crippen molar-refractivity contribution in [2.24, 2.45) is 0 Å². The van der Waals surface area contributed by atoms with Crippen LogP contribution in [0.1, 0.15) is 47.2 Å². The van der Waals surface area contributed by atoms with Crippen LogP contribution in [0.5, 0.6) is 5.75 Å². The van der Waals surface area contributed by atoms with Crippen molar-refractivity contribution >= 4 is 29.3 Å². The first kappa shape index (κ1) is 29.3. The molecule has 8 heteroatoms. The quantitative estimate of drug-likeness (QED) is 0.355. The van der Waals surface area contributed by atoms with E-state index in [0.717, 1.165) is 64.2 Å². The lowest BCUT2D eigenvalue weighted by Crippen LogP contribution is -2.46. The molecule has 2 aliphatic heterocycles. The van der Waals surface area contributed by atoms with Gasteiger partial charge in [0.15, 0.2) is 0 Å². The van der Waals surface area contributed by atoms with Crippen molar-refractivity contribution in [1.82, 2.24) is 9.80 Å². The molecular weight excluding hydrogens is 531 g/mol. The molecule has 0 bridgehead atoms. The SMILES string of the molecule is CCN1CCN(c2ccc(C(=O)N3CCC(c4ccc(NC(=O)/C=C/c5ccc(OC)cc5F)cc4)CC3)cc2)CC1. The third kappa shape index (κ3) is 7.18. The minimum absolute atomic E-state index is 0.0939. The van der Waals surface area contributed by atoms with Gasteiger partial charge in [-0.15, -0.1) is 0 Å². The number of nitrogens with zero attached hydrogens (tertiary/aromatic N) is 3. The number of benzene rings is 3. The number of hydrogen-bond acceptors (Lipinski definition) is 5. The van der Waals surface area contributed by atoms with Gasteiger partial charge in [0, 0.05) is 73.9 Å². The lowest BCUT2D eigenvalue weighted by Gasteiger charge is -2.35. The van der Waals surface area contributed by atoms with Crippen LogP contribution in [0, 0.1) is 5.82 Å². The zero-order valence-electron chi connectivity index (χ0n) is 24.4. The molecule has 2 amide bonds. The minimum Gasteiger partial charge on any atom is -0.497 e. The van der Waals surface area contributed by atoms with E-state index in [1.165, 1.54) is 36.6 Å². The molecule has 0 aliphatic carbocycles. The lowest BCUT2D eigenvalue weighted by molar-refractivity contribution is -0.111. The van der Waals surface area contributed by atoms with Crippen LogP contribution in [-0.2, 0) is 4.79 Å². The fourth-order valence-corrected chi connectivity index (χ4v) is 5.69. The summed E-state index contributed by atoms with van der Waals surface area (Å²) in [6, 6.07) is 20.4. The second-order valence-electron chi connectivity index (χ2n) is 10.9. The lowest BCUT2D eigenvalue weighted by atomic mass is 9.89. The van der Waals surface area contributed by atoms with E-state index in [4.69, 9.17) is 4.74 Å². The van der Waals surface area contributed by atoms with Crippen molar-refractivity contribution in [3.63, 3.8) is 0 Å². The normalized spacial score (nSPS) is 16.5. The Kier molecular flexibility index (Phi) is 9.54. The van der Waals surface area contributed by atoms with Crippen molar-refractivity contribution in [3.05, 3.63) is 95.3 Å². The topological polar surface area (TPSA) is 65.1 Å². The number of likely N-dealkylation sites (tertiary alicyclic amines) is 1. The van der Waals surface area contributed by atoms with E-state index >= 15 is 0 Å². The molecule has 2 heterocycles. The third-order valence-electron chi connectivity index (χ3n) is 8.35. The van der Waals surface area contributed by atoms with Crippen molar-refractivity contribution in [2.75, 3.05) is 63.1 Å². The molecule has 2 aliphatic rings. The Morgan fingerprint density at radius 3 is 2.24 bits per heavy atom. The monoisotopic (exact) mass is 570 g/mol. The van der Waals surface area contributed by atoms with Gasteiger partial charge in [-0.3, -0.25) is 9.59 Å². The molecule has 3 aromatic rings. The number of rotatable bonds is 8. The number of methoxy groups -OCH3 is 1. The molecule has 0 unspecified atom stereocenters. The Labute approximate surface area is 247 Å². The van der Waals surface area contributed by atoms with Crippen molar-refractivity contribution < 1.29 is 18.7 Å². The molecule has 2 saturated heterocycles. The smallest absolute Gasteiger partial charge is 0.253 e. The minimum atomic E-state index is -0.454. The zero-order chi connectivity index (χ0) is 29.5. The highest BCUT2D eigenvalue weighted by atomic mass is 19.1. The van der Waals surface area contributed by atoms with E-state index in [1.54, 1.807) is 12.1 Å². The number of hydrogen-bond donors (Lipinski definition) is 1. The molecule has 220 valence electrons. The first-order valence-electron chi connectivity index (χ1n) is 14.7. The highest BCUT2D eigenvalue weighted by Crippen LogP contribution is 2.30. The molecule has 0 aromatic heterocycles. The van der Waals surface area contributed by atoms with E-state index < -0.39 is 5.82 Å². The summed E-state index contributed by atoms with van der Waals surface area (Å²) >= 11 is 0. The third-order valence-corrected chi connectivity index (χ3v) is 8.35. The number of halogens is 1. The van der Waals surface area contributed by atoms with Gasteiger partial charge in [-0.05, 0) is 85.5 Å². The van der Waals surface area contributed by atoms with Crippen LogP contribution in [0.4, 0.5) is 15.8 Å². The molecule has 42 heavy (non-hydrogen) atoms. The number of ether oxygens (including phenoxy) is 1. The van der Waals surface area contributed by atoms with Gasteiger partial charge in [0.05, 0.1) is 7.11 Å². The predicted octanol–water partition coefficient (Wildman–Crippen LogP) is 5.65. The maximum Gasteiger partial charge on any atom is 0.253 e. The Hall–Kier alpha value is -4.17. The molecule has 7 nitrogen and oxygen atoms in total. The van der Waals surface area contributed by atoms with Gasteiger partial charge in [0.1, 0.15) is 11.6 Å². The van der Waals surface area contributed by atoms with Gasteiger partial charge in [0.25, 0.3) is 5.91 Å². The molecule has 0 atom stereocenters. The van der Waals surface area contributed by atoms with Gasteiger partial charge in [-0.2, -0.15) is 0 Å². The number of carbonyl (C=O) groups excluding carboxylic acids is 2. The maximum atomic E-state index is 14.1. The average molecular weight is 571 g/mol. The Morgan fingerprint density at radius 2 is 1.62 bits per heavy atom. The standard InChI is InChI=1S/C34H39FN4O3/c1-3-37-20-22-38(23-21-37)30-12-6-28(7-13-30)34(41)39-18-16-26(17-19-39)25-4-10-29(11-5-25)36-33(40)15-9-27-8-14-31(42-2)24-32(27)35/h4-15,24,26H,3,16-23H2,1-2H3,(H,36,40)/b15-9+. The van der Waals surface area contributed by atoms with Crippen LogP contribution < -0.4 is 15.0 Å². The maximum absolute atomic E-state index is 14.1. The fraction of sp³-hybridized carbons (Fsp3) is 0.353. The molecule has 0 spiro atoms. The summed E-state index contributed by atoms with van der Waals surface area (Å²) in [5.41, 5.74) is 4.11. The molecule has 0 saturated carbocycles. The highest BCUT2D eigenvalue weighted by Gasteiger charge is 2.25. The second-order valence-corrected chi connectivity index (χ2v) is 10.9. The summed E-state index contributed by atoms with van der Waals surface area (Å²) in [4.78, 5) is 32.3. The van der Waals surface area contributed by atoms with Crippen molar-refractivity contribution in [1.29, 1.82) is 0 Å². The number of piperidine rings is 1. The van der Waals surface area contributed by atoms with Gasteiger partial charge >= 0.3 is 0 Å². The number of piperazine rings is 1. The summed E-state index contributed by atoms with van der Waals surface area (Å²) < 4.78 is 19.1. The van der Waals surface area contributed by atoms with Crippen LogP contribution in [-0.4, -0.2) is 74.5 Å². The summed E-state index contributed by atoms with van der Waals surface area (Å²) in [5, 5.41) is 2.82. The molecule has 0 radical (unpaired) electrons. The fourth-order valence-electron chi connectivity index (χ4n) is 5.69. The molecule has 3 aromatic carbocycles. The van der Waals surface area contributed by atoms with Crippen molar-refractivity contribution in [3.8, 4) is 5.75 Å². The van der Waals surface area contributed by atoms with E-state index in [1.807, 2.05) is 41.3 Å². The van der Waals surface area contributed by atoms with Gasteiger partial charge < -0.3 is 24.8 Å². The van der Waals surface area contributed by atoms with Crippen LogP contribution in [0.25, 0.3) is 6.08 Å². The van der Waals surface area contributed by atoms with Crippen LogP contribution in [0.2, 0.25) is 0 Å².